The SMILES string of the molecule is CNC(=O)c1cc(CSN)cc(C)c1NC(=O)c1cc(Br)nn1-c1ncccc1Cl. The number of benzene rings is 1. The first-order valence-corrected chi connectivity index (χ1v) is 10.9. The predicted octanol–water partition coefficient (Wildman–Crippen LogP) is 3.71. The fraction of sp³-hybridized carbons (Fsp3) is 0.158. The Kier molecular flexibility index (Phi) is 7.14. The van der Waals surface area contributed by atoms with Crippen LogP contribution < -0.4 is 15.8 Å². The van der Waals surface area contributed by atoms with E-state index in [-0.39, 0.29) is 11.6 Å². The fourth-order valence-electron chi connectivity index (χ4n) is 2.91. The Bertz CT molecular complexity index is 1120. The maximum Gasteiger partial charge on any atom is 0.274 e. The van der Waals surface area contributed by atoms with Crippen LogP contribution in [-0.2, 0) is 5.75 Å². The number of nitrogens with zero attached hydrogens (tertiary/aromatic N) is 3. The maximum atomic E-state index is 13.1. The molecule has 0 aliphatic carbocycles. The molecule has 0 aliphatic rings. The van der Waals surface area contributed by atoms with Gasteiger partial charge in [-0.25, -0.2) is 9.67 Å². The Morgan fingerprint density at radius 1 is 1.30 bits per heavy atom. The van der Waals surface area contributed by atoms with Gasteiger partial charge in [-0.1, -0.05) is 29.6 Å². The summed E-state index contributed by atoms with van der Waals surface area (Å²) in [4.78, 5) is 29.8. The molecule has 0 aliphatic heterocycles. The zero-order valence-electron chi connectivity index (χ0n) is 16.1. The number of halogens is 2. The molecule has 0 unspecified atom stereocenters. The third kappa shape index (κ3) is 4.67. The van der Waals surface area contributed by atoms with Crippen LogP contribution in [0, 0.1) is 6.92 Å². The molecule has 3 rings (SSSR count). The van der Waals surface area contributed by atoms with Crippen molar-refractivity contribution in [3.8, 4) is 5.82 Å². The fourth-order valence-corrected chi connectivity index (χ4v) is 3.84. The number of hydrogen-bond donors (Lipinski definition) is 3. The van der Waals surface area contributed by atoms with Crippen molar-refractivity contribution in [2.45, 2.75) is 12.7 Å². The summed E-state index contributed by atoms with van der Waals surface area (Å²) in [5.74, 6) is 0.0640. The molecular weight excluding hydrogens is 492 g/mol. The second kappa shape index (κ2) is 9.61. The van der Waals surface area contributed by atoms with E-state index >= 15 is 0 Å². The van der Waals surface area contributed by atoms with Gasteiger partial charge in [0.15, 0.2) is 5.82 Å². The Labute approximate surface area is 190 Å². The molecule has 0 spiro atoms. The van der Waals surface area contributed by atoms with Gasteiger partial charge < -0.3 is 10.6 Å². The number of nitrogens with one attached hydrogen (secondary N) is 2. The van der Waals surface area contributed by atoms with E-state index < -0.39 is 5.91 Å². The van der Waals surface area contributed by atoms with E-state index in [4.69, 9.17) is 16.7 Å². The minimum absolute atomic E-state index is 0.200. The van der Waals surface area contributed by atoms with Gasteiger partial charge in [0, 0.05) is 25.1 Å². The van der Waals surface area contributed by atoms with Gasteiger partial charge >= 0.3 is 0 Å². The quantitative estimate of drug-likeness (QED) is 0.436. The van der Waals surface area contributed by atoms with Gasteiger partial charge in [0.25, 0.3) is 11.8 Å². The molecule has 2 heterocycles. The van der Waals surface area contributed by atoms with E-state index in [0.29, 0.717) is 32.4 Å². The van der Waals surface area contributed by atoms with Gasteiger partial charge in [0.1, 0.15) is 10.3 Å². The zero-order valence-corrected chi connectivity index (χ0v) is 19.2. The minimum Gasteiger partial charge on any atom is -0.355 e. The average molecular weight is 510 g/mol. The van der Waals surface area contributed by atoms with Crippen LogP contribution in [0.1, 0.15) is 32.0 Å². The highest BCUT2D eigenvalue weighted by Gasteiger charge is 2.22. The summed E-state index contributed by atoms with van der Waals surface area (Å²) in [5.41, 5.74) is 2.56. The average Bonchev–Trinajstić information content (AvgIpc) is 3.11. The van der Waals surface area contributed by atoms with Crippen molar-refractivity contribution in [2.24, 2.45) is 5.14 Å². The van der Waals surface area contributed by atoms with Gasteiger partial charge in [0.2, 0.25) is 0 Å². The van der Waals surface area contributed by atoms with Crippen LogP contribution in [0.2, 0.25) is 5.02 Å². The second-order valence-electron chi connectivity index (χ2n) is 6.25. The second-order valence-corrected chi connectivity index (χ2v) is 8.09. The van der Waals surface area contributed by atoms with Crippen molar-refractivity contribution in [1.82, 2.24) is 20.1 Å². The number of amides is 2. The Morgan fingerprint density at radius 3 is 2.73 bits per heavy atom. The lowest BCUT2D eigenvalue weighted by molar-refractivity contribution is 0.0964. The lowest BCUT2D eigenvalue weighted by Gasteiger charge is -2.16. The third-order valence-corrected chi connectivity index (χ3v) is 5.39. The first-order valence-electron chi connectivity index (χ1n) is 8.70. The van der Waals surface area contributed by atoms with E-state index in [9.17, 15) is 9.59 Å². The van der Waals surface area contributed by atoms with Crippen LogP contribution in [0.5, 0.6) is 0 Å². The molecule has 0 bridgehead atoms. The molecule has 2 aromatic heterocycles. The highest BCUT2D eigenvalue weighted by molar-refractivity contribution is 9.10. The molecule has 0 atom stereocenters. The van der Waals surface area contributed by atoms with Crippen molar-refractivity contribution in [3.05, 3.63) is 68.5 Å². The highest BCUT2D eigenvalue weighted by atomic mass is 79.9. The molecule has 4 N–H and O–H groups in total. The number of anilines is 1. The number of nitrogens with two attached hydrogens (primary N) is 1. The lowest BCUT2D eigenvalue weighted by Crippen LogP contribution is -2.24. The maximum absolute atomic E-state index is 13.1. The molecule has 0 saturated heterocycles. The summed E-state index contributed by atoms with van der Waals surface area (Å²) in [5, 5.41) is 15.6. The number of pyridine rings is 1. The van der Waals surface area contributed by atoms with Crippen LogP contribution >= 0.6 is 39.5 Å². The Hall–Kier alpha value is -2.40. The summed E-state index contributed by atoms with van der Waals surface area (Å²) in [6, 6.07) is 8.48. The Morgan fingerprint density at radius 2 is 2.07 bits per heavy atom. The topological polar surface area (TPSA) is 115 Å². The summed E-state index contributed by atoms with van der Waals surface area (Å²) >= 11 is 10.7. The van der Waals surface area contributed by atoms with E-state index in [1.165, 1.54) is 11.7 Å². The monoisotopic (exact) mass is 508 g/mol. The summed E-state index contributed by atoms with van der Waals surface area (Å²) in [7, 11) is 1.53. The lowest BCUT2D eigenvalue weighted by atomic mass is 10.0. The standard InChI is InChI=1S/C19H18BrClN6O2S/c1-10-6-11(9-30-22)7-12(18(28)23-2)16(10)25-19(29)14-8-15(20)26-27(14)17-13(21)4-3-5-24-17/h3-8H,9,22H2,1-2H3,(H,23,28)(H,25,29). The number of carbonyl (C=O) groups excluding carboxylic acids is 2. The van der Waals surface area contributed by atoms with Crippen LogP contribution in [0.4, 0.5) is 5.69 Å². The molecule has 30 heavy (non-hydrogen) atoms. The minimum atomic E-state index is -0.468. The van der Waals surface area contributed by atoms with E-state index in [1.54, 1.807) is 30.5 Å². The van der Waals surface area contributed by atoms with Gasteiger partial charge in [-0.15, -0.1) is 0 Å². The molecule has 0 fully saturated rings. The molecule has 11 heteroatoms. The first-order chi connectivity index (χ1) is 14.3. The number of rotatable bonds is 6. The summed E-state index contributed by atoms with van der Waals surface area (Å²) in [6.07, 6.45) is 1.56. The zero-order chi connectivity index (χ0) is 21.8. The predicted molar refractivity (Wildman–Crippen MR) is 122 cm³/mol. The number of aryl methyl sites for hydroxylation is 1. The van der Waals surface area contributed by atoms with Gasteiger partial charge in [-0.3, -0.25) is 14.7 Å². The number of hydrogen-bond acceptors (Lipinski definition) is 6. The Balaban J connectivity index is 2.03. The smallest absolute Gasteiger partial charge is 0.274 e. The van der Waals surface area contributed by atoms with Crippen molar-refractivity contribution in [2.75, 3.05) is 12.4 Å². The molecule has 2 amide bonds. The third-order valence-electron chi connectivity index (χ3n) is 4.21. The van der Waals surface area contributed by atoms with Crippen molar-refractivity contribution < 1.29 is 9.59 Å². The van der Waals surface area contributed by atoms with E-state index in [2.05, 4.69) is 36.6 Å². The summed E-state index contributed by atoms with van der Waals surface area (Å²) in [6.45, 7) is 1.82. The molecular formula is C19H18BrClN6O2S. The number of aromatic nitrogens is 3. The van der Waals surface area contributed by atoms with Crippen LogP contribution in [0.3, 0.4) is 0 Å². The normalized spacial score (nSPS) is 10.7. The van der Waals surface area contributed by atoms with Gasteiger partial charge in [-0.2, -0.15) is 5.10 Å². The van der Waals surface area contributed by atoms with Crippen molar-refractivity contribution in [1.29, 1.82) is 0 Å². The van der Waals surface area contributed by atoms with Crippen LogP contribution in [0.15, 0.2) is 41.1 Å². The molecule has 8 nitrogen and oxygen atoms in total. The van der Waals surface area contributed by atoms with Crippen molar-refractivity contribution >= 4 is 57.0 Å². The van der Waals surface area contributed by atoms with Crippen molar-refractivity contribution in [3.63, 3.8) is 0 Å². The van der Waals surface area contributed by atoms with Gasteiger partial charge in [0.05, 0.1) is 16.3 Å². The molecule has 0 saturated carbocycles. The number of carbonyl (C=O) groups is 2. The summed E-state index contributed by atoms with van der Waals surface area (Å²) < 4.78 is 1.78. The molecule has 0 radical (unpaired) electrons. The molecule has 1 aromatic carbocycles. The van der Waals surface area contributed by atoms with Gasteiger partial charge in [-0.05, 0) is 52.2 Å². The molecule has 3 aromatic rings. The molecule has 156 valence electrons. The first kappa shape index (κ1) is 22.3. The van der Waals surface area contributed by atoms with Crippen LogP contribution in [0.25, 0.3) is 5.82 Å². The largest absolute Gasteiger partial charge is 0.355 e. The van der Waals surface area contributed by atoms with E-state index in [1.807, 2.05) is 13.0 Å². The van der Waals surface area contributed by atoms with E-state index in [0.717, 1.165) is 23.1 Å². The highest BCUT2D eigenvalue weighted by Crippen LogP contribution is 2.27. The van der Waals surface area contributed by atoms with Crippen LogP contribution in [-0.4, -0.2) is 33.6 Å².